The molecule has 275 valence electrons. The van der Waals surface area contributed by atoms with Crippen LogP contribution in [0, 0.1) is 19.4 Å². The largest absolute Gasteiger partial charge is 0.474 e. The number of ether oxygens (including phenoxy) is 2. The number of carbonyl (C=O) groups excluding carboxylic acids is 3. The standard InChI is InChI=1S/C6H11NO.C5H13NO2.C5H7O.C4H5NO.2C3H2NO.C3H6O.2H3NO.3Y/c1-6(8)4-5-7(2)3;1-6(2)5(7-3)8-4;1-2-3-4-5-6;1-4-2-3-5-6-4;2*1-2-4-5-3-1;1-3(2)4;2*1-2;;;/h4-5H,1-3H3;5H,1-4H3;3-4H,2H2,1H3;2-3H,1H3;1,3H;1-2H;1-2H3;2*2H,1H2;;;/q;;-1;;2*-1;;;;;;/p+1. The summed E-state index contributed by atoms with van der Waals surface area (Å²) in [5.41, 5.74) is 0. The molecule has 0 unspecified atom stereocenters. The van der Waals surface area contributed by atoms with Crippen LogP contribution in [0.25, 0.3) is 0 Å². The molecule has 7 N–H and O–H groups in total. The molecule has 0 fully saturated rings. The van der Waals surface area contributed by atoms with Crippen molar-refractivity contribution in [2.24, 2.45) is 11.8 Å². The van der Waals surface area contributed by atoms with E-state index < -0.39 is 0 Å². The molecule has 20 heteroatoms. The number of Topliss-reactive ketones (excluding diaryl/α,β-unsaturated/α-hetero) is 1. The SMILES string of the molecule is CC(=O)C=CN(C)C.CC(C)=O.CCC=C[C-]=O.COC(OC)N(C)C.Cc1ccno1.NO.NO.[Y].[Y].[Y].[c-]1cc[nH+]o1.[c-]1ccon1. The molecule has 0 aliphatic carbocycles. The third kappa shape index (κ3) is 92.9. The Morgan fingerprint density at radius 1 is 1.06 bits per heavy atom. The Labute approximate surface area is 366 Å². The number of aromatic nitrogens is 3. The van der Waals surface area contributed by atoms with Crippen molar-refractivity contribution in [2.45, 2.75) is 47.5 Å². The molecule has 3 aromatic rings. The molecule has 0 aliphatic rings. The van der Waals surface area contributed by atoms with E-state index in [0.29, 0.717) is 0 Å². The summed E-state index contributed by atoms with van der Waals surface area (Å²) in [6.45, 7) is 8.40. The number of hydrogen-bond acceptors (Lipinski definition) is 16. The van der Waals surface area contributed by atoms with Crippen LogP contribution in [0.15, 0.2) is 74.9 Å². The molecule has 0 aliphatic heterocycles. The zero-order valence-corrected chi connectivity index (χ0v) is 38.9. The van der Waals surface area contributed by atoms with Gasteiger partial charge in [0.1, 0.15) is 11.5 Å². The zero-order valence-electron chi connectivity index (χ0n) is 30.4. The molecule has 0 spiro atoms. The van der Waals surface area contributed by atoms with Crippen molar-refractivity contribution in [2.75, 3.05) is 42.4 Å². The van der Waals surface area contributed by atoms with Gasteiger partial charge in [-0.15, -0.1) is 23.8 Å². The fourth-order valence-corrected chi connectivity index (χ4v) is 1.54. The minimum Gasteiger partial charge on any atom is -0.474 e. The van der Waals surface area contributed by atoms with Gasteiger partial charge in [-0.05, 0) is 60.4 Å². The van der Waals surface area contributed by atoms with E-state index >= 15 is 0 Å². The number of allylic oxidation sites excluding steroid dienone is 3. The van der Waals surface area contributed by atoms with Gasteiger partial charge in [-0.25, -0.2) is 23.0 Å². The van der Waals surface area contributed by atoms with Crippen molar-refractivity contribution in [3.63, 3.8) is 0 Å². The minimum absolute atomic E-state index is 0. The quantitative estimate of drug-likeness (QED) is 0.115. The summed E-state index contributed by atoms with van der Waals surface area (Å²) in [5, 5.41) is 22.1. The molecule has 17 nitrogen and oxygen atoms in total. The monoisotopic (exact) mass is 926 g/mol. The molecule has 3 aromatic heterocycles. The Bertz CT molecular complexity index is 914. The zero-order chi connectivity index (χ0) is 37.0. The molecule has 0 amide bonds. The summed E-state index contributed by atoms with van der Waals surface area (Å²) in [5.74, 6) is 8.11. The van der Waals surface area contributed by atoms with Crippen LogP contribution in [0.1, 0.15) is 39.9 Å². The molecule has 3 heterocycles. The molecule has 0 saturated carbocycles. The first kappa shape index (κ1) is 69.7. The van der Waals surface area contributed by atoms with Gasteiger partial charge in [-0.1, -0.05) is 12.1 Å². The molecule has 0 aromatic carbocycles. The average Bonchev–Trinajstić information content (AvgIpc) is 3.86. The molecule has 3 radical (unpaired) electrons. The second-order valence-corrected chi connectivity index (χ2v) is 7.89. The van der Waals surface area contributed by atoms with Crippen LogP contribution in [0.3, 0.4) is 0 Å². The summed E-state index contributed by atoms with van der Waals surface area (Å²) in [6, 6.07) is 5.06. The van der Waals surface area contributed by atoms with E-state index in [2.05, 4.69) is 53.3 Å². The van der Waals surface area contributed by atoms with Crippen LogP contribution in [-0.4, -0.2) is 97.2 Å². The predicted octanol–water partition coefficient (Wildman–Crippen LogP) is 2.45. The second kappa shape index (κ2) is 65.3. The van der Waals surface area contributed by atoms with E-state index in [1.165, 1.54) is 39.2 Å². The van der Waals surface area contributed by atoms with Crippen molar-refractivity contribution in [1.29, 1.82) is 0 Å². The summed E-state index contributed by atoms with van der Waals surface area (Å²) in [6.07, 6.45) is 18.3. The Morgan fingerprint density at radius 3 is 1.69 bits per heavy atom. The van der Waals surface area contributed by atoms with Gasteiger partial charge in [0.2, 0.25) is 6.41 Å². The third-order valence-corrected chi connectivity index (χ3v) is 3.07. The van der Waals surface area contributed by atoms with E-state index in [4.69, 9.17) is 19.9 Å². The summed E-state index contributed by atoms with van der Waals surface area (Å²) >= 11 is 0. The van der Waals surface area contributed by atoms with E-state index in [9.17, 15) is 14.4 Å². The summed E-state index contributed by atoms with van der Waals surface area (Å²) in [7, 11) is 10.7. The van der Waals surface area contributed by atoms with Gasteiger partial charge in [0.25, 0.3) is 0 Å². The number of hydrogen-bond donors (Lipinski definition) is 4. The number of methoxy groups -OCH3 is 2. The average molecular weight is 927 g/mol. The number of aryl methyl sites for hydroxylation is 1. The van der Waals surface area contributed by atoms with E-state index in [1.54, 1.807) is 63.4 Å². The van der Waals surface area contributed by atoms with Gasteiger partial charge < -0.3 is 47.9 Å². The van der Waals surface area contributed by atoms with Crippen molar-refractivity contribution < 1.29 is 151 Å². The number of nitrogens with zero attached hydrogens (tertiary/aromatic N) is 4. The van der Waals surface area contributed by atoms with Gasteiger partial charge >= 0.3 is 0 Å². The van der Waals surface area contributed by atoms with Gasteiger partial charge in [0.15, 0.2) is 5.78 Å². The maximum absolute atomic E-state index is 10.2. The van der Waals surface area contributed by atoms with Crippen LogP contribution in [0.2, 0.25) is 0 Å². The molecular weight excluding hydrogens is 873 g/mol. The maximum Gasteiger partial charge on any atom is 0.217 e. The second-order valence-electron chi connectivity index (χ2n) is 7.89. The molecule has 0 atom stereocenters. The Kier molecular flexibility index (Phi) is 92.9. The molecule has 0 bridgehead atoms. The first-order valence-corrected chi connectivity index (χ1v) is 12.9. The fourth-order valence-electron chi connectivity index (χ4n) is 1.54. The smallest absolute Gasteiger partial charge is 0.217 e. The first-order valence-electron chi connectivity index (χ1n) is 12.9. The minimum atomic E-state index is -0.213. The number of H-pyrrole nitrogens is 1. The van der Waals surface area contributed by atoms with E-state index in [-0.39, 0.29) is 116 Å². The Balaban J connectivity index is -0.0000000534. The number of nitrogens with two attached hydrogens (primary N) is 2. The van der Waals surface area contributed by atoms with Gasteiger partial charge in [-0.2, -0.15) is 12.1 Å². The van der Waals surface area contributed by atoms with Crippen LogP contribution in [0.4, 0.5) is 0 Å². The predicted molar refractivity (Wildman–Crippen MR) is 169 cm³/mol. The molecule has 49 heavy (non-hydrogen) atoms. The fraction of sp³-hybridized carbons (Fsp3) is 0.448. The van der Waals surface area contributed by atoms with E-state index in [0.717, 1.165) is 12.2 Å². The Morgan fingerprint density at radius 2 is 1.59 bits per heavy atom. The first-order chi connectivity index (χ1) is 21.9. The summed E-state index contributed by atoms with van der Waals surface area (Å²) < 4.78 is 22.9. The normalized spacial score (nSPS) is 8.10. The number of nitrogens with one attached hydrogen (secondary N) is 1. The van der Waals surface area contributed by atoms with Crippen LogP contribution in [0.5, 0.6) is 0 Å². The summed E-state index contributed by atoms with van der Waals surface area (Å²) in [4.78, 5) is 32.7. The van der Waals surface area contributed by atoms with Crippen LogP contribution in [-0.2, 0) is 122 Å². The number of rotatable bonds is 7. The van der Waals surface area contributed by atoms with Gasteiger partial charge in [-0.3, -0.25) is 9.69 Å². The molecular formula is C29H53N7O10Y3-2. The van der Waals surface area contributed by atoms with Crippen molar-refractivity contribution >= 4 is 17.9 Å². The van der Waals surface area contributed by atoms with Crippen LogP contribution >= 0.6 is 0 Å². The third-order valence-electron chi connectivity index (χ3n) is 3.07. The molecule has 3 rings (SSSR count). The number of ketones is 2. The van der Waals surface area contributed by atoms with Crippen LogP contribution < -0.4 is 17.0 Å². The molecule has 0 saturated heterocycles. The number of carbonyl (C=O) groups is 2. The van der Waals surface area contributed by atoms with E-state index in [1.807, 2.05) is 51.8 Å². The van der Waals surface area contributed by atoms with Gasteiger partial charge in [0.05, 0.1) is 12.4 Å². The topological polar surface area (TPSA) is 248 Å². The number of aromatic amines is 1. The Hall–Kier alpha value is -1.05. The van der Waals surface area contributed by atoms with Gasteiger partial charge in [0, 0.05) is 145 Å². The maximum atomic E-state index is 10.2. The van der Waals surface area contributed by atoms with Crippen molar-refractivity contribution in [3.05, 3.63) is 79.5 Å². The van der Waals surface area contributed by atoms with Crippen molar-refractivity contribution in [3.8, 4) is 0 Å². The van der Waals surface area contributed by atoms with Crippen molar-refractivity contribution in [1.82, 2.24) is 20.1 Å².